The molecule has 0 aromatic heterocycles. The molecule has 1 atom stereocenters. The fraction of sp³-hybridized carbons (Fsp3) is 0.500. The second-order valence-corrected chi connectivity index (χ2v) is 5.04. The van der Waals surface area contributed by atoms with Crippen molar-refractivity contribution >= 4 is 11.8 Å². The zero-order valence-electron chi connectivity index (χ0n) is 13.2. The van der Waals surface area contributed by atoms with Gasteiger partial charge in [-0.25, -0.2) is 0 Å². The van der Waals surface area contributed by atoms with Gasteiger partial charge in [0.15, 0.2) is 0 Å². The molecule has 0 saturated heterocycles. The summed E-state index contributed by atoms with van der Waals surface area (Å²) in [6.45, 7) is 13.4. The highest BCUT2D eigenvalue weighted by molar-refractivity contribution is 5.98. The number of nitrogens with zero attached hydrogens (tertiary/aromatic N) is 1. The maximum Gasteiger partial charge on any atom is 0.236 e. The van der Waals surface area contributed by atoms with Crippen LogP contribution in [-0.4, -0.2) is 34.5 Å². The highest BCUT2D eigenvalue weighted by Crippen LogP contribution is 2.20. The third-order valence-corrected chi connectivity index (χ3v) is 2.47. The molecule has 1 unspecified atom stereocenters. The monoisotopic (exact) mass is 281 g/mol. The molecule has 1 aliphatic heterocycles. The molecular formula is C16H27NO3. The van der Waals surface area contributed by atoms with E-state index >= 15 is 0 Å². The van der Waals surface area contributed by atoms with E-state index in [-0.39, 0.29) is 24.2 Å². The Balaban J connectivity index is 0. The van der Waals surface area contributed by atoms with Crippen LogP contribution in [0.3, 0.4) is 0 Å². The minimum atomic E-state index is -0.464. The number of allylic oxidation sites excluding steroid dienone is 2. The first kappa shape index (κ1) is 20.6. The average Bonchev–Trinajstić information content (AvgIpc) is 2.46. The van der Waals surface area contributed by atoms with Gasteiger partial charge in [-0.05, 0) is 20.8 Å². The van der Waals surface area contributed by atoms with Gasteiger partial charge in [-0.2, -0.15) is 0 Å². The topological polar surface area (TPSA) is 57.6 Å². The van der Waals surface area contributed by atoms with Crippen molar-refractivity contribution in [2.24, 2.45) is 5.92 Å². The lowest BCUT2D eigenvalue weighted by molar-refractivity contribution is -0.151. The predicted molar refractivity (Wildman–Crippen MR) is 83.1 cm³/mol. The molecule has 0 aromatic carbocycles. The SMILES string of the molecule is C=C.CC1/C=C\C=C/CC(=O)N(C(C)(C)C)C1=O.CO. The number of rotatable bonds is 0. The molecule has 20 heavy (non-hydrogen) atoms. The smallest absolute Gasteiger partial charge is 0.236 e. The van der Waals surface area contributed by atoms with Crippen molar-refractivity contribution in [3.05, 3.63) is 37.5 Å². The summed E-state index contributed by atoms with van der Waals surface area (Å²) in [5.41, 5.74) is -0.464. The third kappa shape index (κ3) is 6.48. The maximum absolute atomic E-state index is 12.1. The molecule has 0 saturated carbocycles. The first-order valence-electron chi connectivity index (χ1n) is 6.49. The lowest BCUT2D eigenvalue weighted by Gasteiger charge is -2.34. The van der Waals surface area contributed by atoms with Crippen LogP contribution in [0.5, 0.6) is 0 Å². The molecule has 1 heterocycles. The number of aliphatic hydroxyl groups is 1. The molecule has 4 heteroatoms. The van der Waals surface area contributed by atoms with E-state index in [0.29, 0.717) is 0 Å². The standard InChI is InChI=1S/C13H19NO2.C2H4.CH4O/c1-10-8-6-5-7-9-11(15)14(12(10)16)13(2,3)4;2*1-2/h5-8,10H,9H2,1-4H3;1-2H2;2H,1H3/b7-5-,8-6-;;. The first-order chi connectivity index (χ1) is 9.34. The minimum absolute atomic E-state index is 0.127. The Kier molecular flexibility index (Phi) is 10.5. The largest absolute Gasteiger partial charge is 0.400 e. The van der Waals surface area contributed by atoms with Gasteiger partial charge in [-0.15, -0.1) is 13.2 Å². The van der Waals surface area contributed by atoms with Crippen LogP contribution in [0, 0.1) is 5.92 Å². The molecule has 1 N–H and O–H groups in total. The van der Waals surface area contributed by atoms with Gasteiger partial charge in [-0.3, -0.25) is 14.5 Å². The first-order valence-corrected chi connectivity index (χ1v) is 6.49. The van der Waals surface area contributed by atoms with Gasteiger partial charge >= 0.3 is 0 Å². The van der Waals surface area contributed by atoms with Gasteiger partial charge in [-0.1, -0.05) is 31.2 Å². The lowest BCUT2D eigenvalue weighted by atomic mass is 10.0. The lowest BCUT2D eigenvalue weighted by Crippen LogP contribution is -2.50. The summed E-state index contributed by atoms with van der Waals surface area (Å²) < 4.78 is 0. The van der Waals surface area contributed by atoms with Gasteiger partial charge in [0, 0.05) is 19.1 Å². The zero-order valence-corrected chi connectivity index (χ0v) is 13.2. The van der Waals surface area contributed by atoms with Crippen LogP contribution < -0.4 is 0 Å². The Hall–Kier alpha value is -1.68. The molecule has 0 radical (unpaired) electrons. The molecule has 1 rings (SSSR count). The van der Waals surface area contributed by atoms with Crippen LogP contribution in [0.25, 0.3) is 0 Å². The van der Waals surface area contributed by atoms with Crippen molar-refractivity contribution in [1.82, 2.24) is 4.90 Å². The maximum atomic E-state index is 12.1. The highest BCUT2D eigenvalue weighted by atomic mass is 16.2. The average molecular weight is 281 g/mol. The van der Waals surface area contributed by atoms with E-state index in [4.69, 9.17) is 5.11 Å². The van der Waals surface area contributed by atoms with Crippen molar-refractivity contribution in [2.75, 3.05) is 7.11 Å². The summed E-state index contributed by atoms with van der Waals surface area (Å²) in [7, 11) is 1.00. The van der Waals surface area contributed by atoms with E-state index in [0.717, 1.165) is 7.11 Å². The number of carbonyl (C=O) groups excluding carboxylic acids is 2. The zero-order chi connectivity index (χ0) is 16.3. The van der Waals surface area contributed by atoms with Crippen LogP contribution in [-0.2, 0) is 9.59 Å². The van der Waals surface area contributed by atoms with Gasteiger partial charge < -0.3 is 5.11 Å². The van der Waals surface area contributed by atoms with Gasteiger partial charge in [0.1, 0.15) is 0 Å². The van der Waals surface area contributed by atoms with Crippen molar-refractivity contribution in [3.63, 3.8) is 0 Å². The van der Waals surface area contributed by atoms with Crippen LogP contribution in [0.15, 0.2) is 37.5 Å². The molecule has 1 aliphatic rings. The molecule has 114 valence electrons. The molecule has 0 bridgehead atoms. The Labute approximate surface area is 122 Å². The van der Waals surface area contributed by atoms with Crippen molar-refractivity contribution < 1.29 is 14.7 Å². The summed E-state index contributed by atoms with van der Waals surface area (Å²) >= 11 is 0. The molecule has 4 nitrogen and oxygen atoms in total. The van der Waals surface area contributed by atoms with E-state index in [1.54, 1.807) is 6.08 Å². The fourth-order valence-corrected chi connectivity index (χ4v) is 1.68. The summed E-state index contributed by atoms with van der Waals surface area (Å²) in [4.78, 5) is 25.5. The number of aliphatic hydroxyl groups excluding tert-OH is 1. The molecule has 0 aromatic rings. The van der Waals surface area contributed by atoms with Crippen molar-refractivity contribution in [3.8, 4) is 0 Å². The van der Waals surface area contributed by atoms with Crippen LogP contribution >= 0.6 is 0 Å². The second kappa shape index (κ2) is 10.1. The minimum Gasteiger partial charge on any atom is -0.400 e. The van der Waals surface area contributed by atoms with E-state index in [1.807, 2.05) is 45.9 Å². The van der Waals surface area contributed by atoms with E-state index < -0.39 is 5.54 Å². The predicted octanol–water partition coefficient (Wildman–Crippen LogP) is 2.70. The van der Waals surface area contributed by atoms with E-state index in [2.05, 4.69) is 13.2 Å². The van der Waals surface area contributed by atoms with Crippen molar-refractivity contribution in [1.29, 1.82) is 0 Å². The number of imide groups is 1. The summed E-state index contributed by atoms with van der Waals surface area (Å²) in [6, 6.07) is 0. The molecular weight excluding hydrogens is 254 g/mol. The second-order valence-electron chi connectivity index (χ2n) is 5.04. The number of hydrogen-bond donors (Lipinski definition) is 1. The molecule has 2 amide bonds. The van der Waals surface area contributed by atoms with Gasteiger partial charge in [0.05, 0.1) is 5.92 Å². The van der Waals surface area contributed by atoms with E-state index in [9.17, 15) is 9.59 Å². The number of amides is 2. The summed E-state index contributed by atoms with van der Waals surface area (Å²) in [5, 5.41) is 7.00. The third-order valence-electron chi connectivity index (χ3n) is 2.47. The Morgan fingerprint density at radius 2 is 1.70 bits per heavy atom. The quantitative estimate of drug-likeness (QED) is 0.548. The Morgan fingerprint density at radius 1 is 1.20 bits per heavy atom. The fourth-order valence-electron chi connectivity index (χ4n) is 1.68. The summed E-state index contributed by atoms with van der Waals surface area (Å²) in [5.74, 6) is -0.521. The van der Waals surface area contributed by atoms with Crippen LogP contribution in [0.4, 0.5) is 0 Å². The van der Waals surface area contributed by atoms with Gasteiger partial charge in [0.25, 0.3) is 0 Å². The molecule has 0 spiro atoms. The molecule has 0 fully saturated rings. The summed E-state index contributed by atoms with van der Waals surface area (Å²) in [6.07, 6.45) is 7.51. The van der Waals surface area contributed by atoms with Crippen LogP contribution in [0.1, 0.15) is 34.1 Å². The highest BCUT2D eigenvalue weighted by Gasteiger charge is 2.33. The normalized spacial score (nSPS) is 22.1. The molecule has 0 aliphatic carbocycles. The number of carbonyl (C=O) groups is 2. The van der Waals surface area contributed by atoms with Crippen molar-refractivity contribution in [2.45, 2.75) is 39.7 Å². The van der Waals surface area contributed by atoms with Crippen LogP contribution in [0.2, 0.25) is 0 Å². The van der Waals surface area contributed by atoms with Gasteiger partial charge in [0.2, 0.25) is 11.8 Å². The Morgan fingerprint density at radius 3 is 2.15 bits per heavy atom. The van der Waals surface area contributed by atoms with E-state index in [1.165, 1.54) is 4.90 Å². The Bertz CT molecular complexity index is 364. The number of hydrogen-bond acceptors (Lipinski definition) is 3.